The minimum atomic E-state index is -1.01. The van der Waals surface area contributed by atoms with Gasteiger partial charge >= 0.3 is 0 Å². The van der Waals surface area contributed by atoms with Crippen molar-refractivity contribution in [2.75, 3.05) is 26.4 Å². The average Bonchev–Trinajstić information content (AvgIpc) is 3.37. The highest BCUT2D eigenvalue weighted by Crippen LogP contribution is 2.30. The number of allylic oxidation sites excluding steroid dienone is 1. The number of carbonyl (C=O) groups excluding carboxylic acids is 4. The molecule has 1 unspecified atom stereocenters. The van der Waals surface area contributed by atoms with Crippen molar-refractivity contribution < 1.29 is 38.5 Å². The number of rotatable bonds is 15. The van der Waals surface area contributed by atoms with Crippen molar-refractivity contribution in [2.45, 2.75) is 38.1 Å². The molecule has 0 radical (unpaired) electrons. The molecule has 4 aromatic carbocycles. The van der Waals surface area contributed by atoms with E-state index >= 15 is 0 Å². The number of ether oxygens (including phenoxy) is 3. The van der Waals surface area contributed by atoms with Crippen molar-refractivity contribution in [3.63, 3.8) is 0 Å². The van der Waals surface area contributed by atoms with Gasteiger partial charge in [-0.15, -0.1) is 0 Å². The third kappa shape index (κ3) is 8.45. The lowest BCUT2D eigenvalue weighted by molar-refractivity contribution is -0.136. The van der Waals surface area contributed by atoms with E-state index in [4.69, 9.17) is 14.2 Å². The fourth-order valence-corrected chi connectivity index (χ4v) is 5.97. The predicted molar refractivity (Wildman–Crippen MR) is 187 cm³/mol. The lowest BCUT2D eigenvalue weighted by Crippen LogP contribution is -2.54. The van der Waals surface area contributed by atoms with Crippen molar-refractivity contribution in [1.29, 1.82) is 0 Å². The number of hydrogen-bond acceptors (Lipinski definition) is 8. The smallest absolute Gasteiger partial charge is 0.262 e. The molecule has 2 aliphatic heterocycles. The van der Waals surface area contributed by atoms with Crippen LogP contribution in [-0.4, -0.2) is 66.1 Å². The SMILES string of the molecule is O=C1CCC(N2C(=O)c3ccc(OCCCOCCOc4ccc(/C=C(/CCc5ccc(O)cc5)c5ccccc5)cc4)cc3C2=O)C(=O)N1. The highest BCUT2D eigenvalue weighted by atomic mass is 16.5. The maximum atomic E-state index is 13.0. The molecule has 256 valence electrons. The fourth-order valence-electron chi connectivity index (χ4n) is 5.97. The van der Waals surface area contributed by atoms with Crippen LogP contribution in [0.5, 0.6) is 17.2 Å². The maximum absolute atomic E-state index is 13.0. The molecule has 2 aliphatic rings. The highest BCUT2D eigenvalue weighted by molar-refractivity contribution is 6.23. The van der Waals surface area contributed by atoms with E-state index < -0.39 is 29.7 Å². The Bertz CT molecular complexity index is 1870. The Kier molecular flexibility index (Phi) is 11.0. The summed E-state index contributed by atoms with van der Waals surface area (Å²) in [5.41, 5.74) is 5.02. The van der Waals surface area contributed by atoms with Gasteiger partial charge in [-0.05, 0) is 84.0 Å². The molecule has 0 saturated carbocycles. The van der Waals surface area contributed by atoms with Gasteiger partial charge in [-0.3, -0.25) is 29.4 Å². The Morgan fingerprint density at radius 3 is 2.26 bits per heavy atom. The Labute approximate surface area is 290 Å². The van der Waals surface area contributed by atoms with E-state index in [1.54, 1.807) is 18.2 Å². The number of imide groups is 2. The van der Waals surface area contributed by atoms with Crippen molar-refractivity contribution in [3.05, 3.63) is 125 Å². The standard InChI is InChI=1S/C40H38N2O8/c43-31-13-8-27(9-14-31)7-12-30(29-5-2-1-3-6-29)25-28-10-15-32(16-11-28)50-24-23-48-21-4-22-49-33-17-18-34-35(26-33)40(47)42(39(34)46)36-19-20-37(44)41-38(36)45/h1-3,5-6,8-11,13-18,25-26,36,43H,4,7,12,19-24H2,(H,41,44,45)/b30-25-. The molecule has 6 rings (SSSR count). The zero-order chi connectivity index (χ0) is 34.9. The summed E-state index contributed by atoms with van der Waals surface area (Å²) in [7, 11) is 0. The first-order chi connectivity index (χ1) is 24.4. The second-order valence-electron chi connectivity index (χ2n) is 12.1. The monoisotopic (exact) mass is 674 g/mol. The van der Waals surface area contributed by atoms with Crippen molar-refractivity contribution in [1.82, 2.24) is 10.2 Å². The number of phenols is 1. The molecule has 2 heterocycles. The van der Waals surface area contributed by atoms with Crippen LogP contribution in [0, 0.1) is 0 Å². The normalized spacial score (nSPS) is 16.0. The number of nitrogens with one attached hydrogen (secondary N) is 1. The maximum Gasteiger partial charge on any atom is 0.262 e. The van der Waals surface area contributed by atoms with Gasteiger partial charge in [-0.1, -0.05) is 60.7 Å². The molecule has 10 heteroatoms. The van der Waals surface area contributed by atoms with Crippen LogP contribution in [0.4, 0.5) is 0 Å². The van der Waals surface area contributed by atoms with Gasteiger partial charge in [-0.25, -0.2) is 0 Å². The molecule has 0 aromatic heterocycles. The summed E-state index contributed by atoms with van der Waals surface area (Å²) in [6, 6.07) is 29.3. The summed E-state index contributed by atoms with van der Waals surface area (Å²) in [6.45, 7) is 1.59. The molecule has 0 bridgehead atoms. The lowest BCUT2D eigenvalue weighted by Gasteiger charge is -2.27. The second kappa shape index (κ2) is 16.1. The predicted octanol–water partition coefficient (Wildman–Crippen LogP) is 5.83. The van der Waals surface area contributed by atoms with Gasteiger partial charge in [0.15, 0.2) is 0 Å². The van der Waals surface area contributed by atoms with E-state index in [9.17, 15) is 24.3 Å². The Morgan fingerprint density at radius 1 is 0.780 bits per heavy atom. The summed E-state index contributed by atoms with van der Waals surface area (Å²) in [5.74, 6) is -0.727. The minimum Gasteiger partial charge on any atom is -0.508 e. The Hall–Kier alpha value is -5.74. The average molecular weight is 675 g/mol. The number of fused-ring (bicyclic) bond motifs is 1. The van der Waals surface area contributed by atoms with E-state index in [2.05, 4.69) is 23.5 Å². The summed E-state index contributed by atoms with van der Waals surface area (Å²) < 4.78 is 17.3. The first-order valence-corrected chi connectivity index (χ1v) is 16.7. The lowest BCUT2D eigenvalue weighted by atomic mass is 9.96. The van der Waals surface area contributed by atoms with E-state index in [1.165, 1.54) is 28.8 Å². The van der Waals surface area contributed by atoms with E-state index in [0.717, 1.165) is 29.1 Å². The fraction of sp³-hybridized carbons (Fsp3) is 0.250. The van der Waals surface area contributed by atoms with Gasteiger partial charge in [0, 0.05) is 19.4 Å². The largest absolute Gasteiger partial charge is 0.508 e. The molecule has 2 N–H and O–H groups in total. The zero-order valence-corrected chi connectivity index (χ0v) is 27.5. The van der Waals surface area contributed by atoms with Gasteiger partial charge in [0.05, 0.1) is 24.3 Å². The number of nitrogens with zero attached hydrogens (tertiary/aromatic N) is 1. The molecule has 0 spiro atoms. The van der Waals surface area contributed by atoms with Gasteiger partial charge in [0.2, 0.25) is 11.8 Å². The Morgan fingerprint density at radius 2 is 1.50 bits per heavy atom. The topological polar surface area (TPSA) is 131 Å². The van der Waals surface area contributed by atoms with Crippen LogP contribution in [0.1, 0.15) is 63.1 Å². The third-order valence-corrected chi connectivity index (χ3v) is 8.59. The van der Waals surface area contributed by atoms with Crippen LogP contribution in [-0.2, 0) is 20.7 Å². The molecule has 10 nitrogen and oxygen atoms in total. The minimum absolute atomic E-state index is 0.0683. The summed E-state index contributed by atoms with van der Waals surface area (Å²) in [4.78, 5) is 50.5. The zero-order valence-electron chi connectivity index (χ0n) is 27.5. The van der Waals surface area contributed by atoms with Gasteiger partial charge in [0.1, 0.15) is 29.9 Å². The van der Waals surface area contributed by atoms with Crippen LogP contribution in [0.15, 0.2) is 97.1 Å². The van der Waals surface area contributed by atoms with Crippen molar-refractivity contribution >= 4 is 35.3 Å². The number of amides is 4. The van der Waals surface area contributed by atoms with Crippen molar-refractivity contribution in [3.8, 4) is 17.2 Å². The van der Waals surface area contributed by atoms with Gasteiger partial charge in [-0.2, -0.15) is 0 Å². The van der Waals surface area contributed by atoms with Crippen LogP contribution >= 0.6 is 0 Å². The molecular formula is C40H38N2O8. The number of aryl methyl sites for hydroxylation is 1. The van der Waals surface area contributed by atoms with E-state index in [-0.39, 0.29) is 29.7 Å². The summed E-state index contributed by atoms with van der Waals surface area (Å²) >= 11 is 0. The summed E-state index contributed by atoms with van der Waals surface area (Å²) in [5, 5.41) is 11.8. The van der Waals surface area contributed by atoms with Gasteiger partial charge in [0.25, 0.3) is 11.8 Å². The molecular weight excluding hydrogens is 636 g/mol. The molecule has 4 amide bonds. The Balaban J connectivity index is 0.913. The molecule has 4 aromatic rings. The number of aromatic hydroxyl groups is 1. The quantitative estimate of drug-likeness (QED) is 0.0915. The second-order valence-corrected chi connectivity index (χ2v) is 12.1. The number of hydrogen-bond donors (Lipinski definition) is 2. The molecule has 1 fully saturated rings. The summed E-state index contributed by atoms with van der Waals surface area (Å²) in [6.07, 6.45) is 4.69. The molecule has 1 saturated heterocycles. The first kappa shape index (κ1) is 34.1. The van der Waals surface area contributed by atoms with Gasteiger partial charge < -0.3 is 19.3 Å². The van der Waals surface area contributed by atoms with Crippen LogP contribution in [0.3, 0.4) is 0 Å². The van der Waals surface area contributed by atoms with Crippen molar-refractivity contribution in [2.24, 2.45) is 0 Å². The molecule has 50 heavy (non-hydrogen) atoms. The third-order valence-electron chi connectivity index (χ3n) is 8.59. The first-order valence-electron chi connectivity index (χ1n) is 16.7. The molecule has 1 atom stereocenters. The highest BCUT2D eigenvalue weighted by Gasteiger charge is 2.44. The van der Waals surface area contributed by atoms with Crippen LogP contribution < -0.4 is 14.8 Å². The van der Waals surface area contributed by atoms with Crippen LogP contribution in [0.2, 0.25) is 0 Å². The van der Waals surface area contributed by atoms with E-state index in [1.807, 2.05) is 54.6 Å². The van der Waals surface area contributed by atoms with Crippen LogP contribution in [0.25, 0.3) is 11.6 Å². The number of piperidine rings is 1. The number of carbonyl (C=O) groups is 4. The number of benzene rings is 4. The number of phenolic OH excluding ortho intramolecular Hbond substituents is 1. The molecule has 0 aliphatic carbocycles. The van der Waals surface area contributed by atoms with E-state index in [0.29, 0.717) is 38.6 Å².